The summed E-state index contributed by atoms with van der Waals surface area (Å²) in [6, 6.07) is 51.8. The highest BCUT2D eigenvalue weighted by molar-refractivity contribution is 6.13. The zero-order chi connectivity index (χ0) is 40.7. The van der Waals surface area contributed by atoms with Crippen molar-refractivity contribution in [2.75, 3.05) is 9.80 Å². The van der Waals surface area contributed by atoms with Gasteiger partial charge >= 0.3 is 0 Å². The molecular weight excluding hydrogens is 763 g/mol. The molecule has 1 unspecified atom stereocenters. The topological polar surface area (TPSA) is 61.7 Å². The van der Waals surface area contributed by atoms with Crippen molar-refractivity contribution in [3.63, 3.8) is 0 Å². The van der Waals surface area contributed by atoms with E-state index < -0.39 is 0 Å². The first-order valence-electron chi connectivity index (χ1n) is 21.4. The van der Waals surface area contributed by atoms with Gasteiger partial charge in [0.2, 0.25) is 0 Å². The summed E-state index contributed by atoms with van der Waals surface area (Å²) in [5.74, 6) is 4.39. The molecule has 0 aromatic heterocycles. The van der Waals surface area contributed by atoms with Crippen LogP contribution in [0.5, 0.6) is 17.2 Å². The molecule has 7 nitrogen and oxygen atoms in total. The monoisotopic (exact) mass is 801 g/mol. The highest BCUT2D eigenvalue weighted by Crippen LogP contribution is 2.54. The summed E-state index contributed by atoms with van der Waals surface area (Å²) in [4.78, 5) is 14.6. The minimum Gasteiger partial charge on any atom is -0.457 e. The third-order valence-electron chi connectivity index (χ3n) is 12.9. The van der Waals surface area contributed by atoms with Crippen LogP contribution in [-0.4, -0.2) is 18.2 Å². The molecule has 0 bridgehead atoms. The summed E-state index contributed by atoms with van der Waals surface area (Å²) in [7, 11) is 0. The lowest BCUT2D eigenvalue weighted by molar-refractivity contribution is 0.386. The second kappa shape index (κ2) is 13.8. The summed E-state index contributed by atoms with van der Waals surface area (Å²) in [5.41, 5.74) is 7.36. The van der Waals surface area contributed by atoms with Gasteiger partial charge in [0, 0.05) is 28.5 Å². The van der Waals surface area contributed by atoms with E-state index in [4.69, 9.17) is 19.5 Å². The van der Waals surface area contributed by atoms with Crippen molar-refractivity contribution in [2.24, 2.45) is 9.98 Å². The molecule has 8 aromatic carbocycles. The van der Waals surface area contributed by atoms with Crippen LogP contribution in [0, 0.1) is 0 Å². The van der Waals surface area contributed by atoms with E-state index in [0.717, 1.165) is 98.5 Å². The Morgan fingerprint density at radius 1 is 0.597 bits per heavy atom. The molecule has 296 valence electrons. The van der Waals surface area contributed by atoms with Gasteiger partial charge in [-0.15, -0.1) is 0 Å². The Morgan fingerprint density at radius 3 is 2.05 bits per heavy atom. The van der Waals surface area contributed by atoms with Crippen molar-refractivity contribution >= 4 is 78.0 Å². The second-order valence-electron chi connectivity index (χ2n) is 16.4. The average Bonchev–Trinajstić information content (AvgIpc) is 3.34. The first-order chi connectivity index (χ1) is 30.7. The Balaban J connectivity index is 0.793. The van der Waals surface area contributed by atoms with E-state index in [1.807, 2.05) is 12.1 Å². The quantitative estimate of drug-likeness (QED) is 0.180. The fraction of sp³-hybridized carbons (Fsp3) is 0.0909. The molecule has 0 saturated carbocycles. The summed E-state index contributed by atoms with van der Waals surface area (Å²) in [6.07, 6.45) is 15.4. The maximum Gasteiger partial charge on any atom is 0.159 e. The van der Waals surface area contributed by atoms with E-state index in [1.54, 1.807) is 6.34 Å². The molecule has 13 rings (SSSR count). The van der Waals surface area contributed by atoms with Crippen LogP contribution in [-0.2, 0) is 0 Å². The van der Waals surface area contributed by atoms with Crippen molar-refractivity contribution in [3.8, 4) is 17.2 Å². The number of para-hydroxylation sites is 2. The van der Waals surface area contributed by atoms with Crippen molar-refractivity contribution < 1.29 is 9.47 Å². The molecule has 7 heteroatoms. The maximum absolute atomic E-state index is 6.78. The number of nitrogens with zero attached hydrogens (tertiary/aromatic N) is 4. The van der Waals surface area contributed by atoms with Gasteiger partial charge in [-0.05, 0) is 105 Å². The van der Waals surface area contributed by atoms with E-state index in [2.05, 4.69) is 179 Å². The molecule has 2 aliphatic carbocycles. The number of ether oxygens (including phenoxy) is 2. The largest absolute Gasteiger partial charge is 0.457 e. The zero-order valence-electron chi connectivity index (χ0n) is 33.7. The number of benzene rings is 8. The number of rotatable bonds is 4. The minimum absolute atomic E-state index is 0.106. The lowest BCUT2D eigenvalue weighted by Gasteiger charge is -2.40. The second-order valence-corrected chi connectivity index (χ2v) is 16.4. The number of aliphatic imine (C=N–C) groups is 2. The minimum atomic E-state index is -0.277. The number of anilines is 4. The van der Waals surface area contributed by atoms with Crippen LogP contribution in [0.4, 0.5) is 22.7 Å². The van der Waals surface area contributed by atoms with Gasteiger partial charge in [-0.1, -0.05) is 121 Å². The molecule has 3 aliphatic heterocycles. The van der Waals surface area contributed by atoms with E-state index >= 15 is 0 Å². The third-order valence-corrected chi connectivity index (χ3v) is 12.9. The summed E-state index contributed by atoms with van der Waals surface area (Å²) >= 11 is 0. The number of fused-ring (bicyclic) bond motifs is 11. The molecule has 0 spiro atoms. The van der Waals surface area contributed by atoms with Gasteiger partial charge in [-0.2, -0.15) is 0 Å². The molecule has 0 amide bonds. The Labute approximate surface area is 358 Å². The standard InChI is InChI=1S/C55H39N5O2/c1-3-11-40-34(9-1)21-27-44-42(40)29-31-48-52(44)61-50-15-7-5-13-46(50)59(48)38-23-17-36(18-24-38)54-56-33-57-55(58-54)37-19-25-39(26-20-37)60-47-14-6-8-16-51(47)62-53-45-28-22-35-10-2-4-12-41(35)43(45)30-32-49(53)60/h1-7,9-15,17-25,27-33,39,54H,8,16,26H2,(H,56,57,58)/t39-,54?/m1/s1. The molecule has 2 atom stereocenters. The fourth-order valence-electron chi connectivity index (χ4n) is 9.94. The van der Waals surface area contributed by atoms with Gasteiger partial charge in [-0.25, -0.2) is 9.98 Å². The van der Waals surface area contributed by atoms with Crippen LogP contribution in [0.3, 0.4) is 0 Å². The molecule has 0 radical (unpaired) electrons. The molecule has 5 aliphatic rings. The SMILES string of the molecule is C1=CC2=C(CC1)Oc1c(ccc3c1ccc1ccccc13)N2[C@@H]1C=CC(C2=NC(c3ccc(N4c5ccccc5Oc5c4ccc4c5ccc5ccccc54)cc3)NC=N2)=CC1. The molecule has 0 saturated heterocycles. The molecular formula is C55H39N5O2. The van der Waals surface area contributed by atoms with Gasteiger partial charge in [0.15, 0.2) is 23.1 Å². The van der Waals surface area contributed by atoms with Crippen molar-refractivity contribution in [2.45, 2.75) is 31.5 Å². The maximum atomic E-state index is 6.78. The Hall–Kier alpha value is -7.90. The molecule has 0 fully saturated rings. The van der Waals surface area contributed by atoms with Gasteiger partial charge in [0.05, 0.1) is 35.1 Å². The Bertz CT molecular complexity index is 3390. The van der Waals surface area contributed by atoms with Crippen LogP contribution in [0.1, 0.15) is 31.0 Å². The molecule has 1 N–H and O–H groups in total. The highest BCUT2D eigenvalue weighted by Gasteiger charge is 2.33. The fourth-order valence-corrected chi connectivity index (χ4v) is 9.94. The molecule has 8 aromatic rings. The third kappa shape index (κ3) is 5.44. The molecule has 3 heterocycles. The lowest BCUT2D eigenvalue weighted by Crippen LogP contribution is -2.37. The van der Waals surface area contributed by atoms with Gasteiger partial charge < -0.3 is 24.6 Å². The Kier molecular flexibility index (Phi) is 7.79. The number of amidine groups is 1. The predicted octanol–water partition coefficient (Wildman–Crippen LogP) is 13.6. The van der Waals surface area contributed by atoms with Crippen LogP contribution in [0.15, 0.2) is 203 Å². The van der Waals surface area contributed by atoms with Crippen LogP contribution in [0.2, 0.25) is 0 Å². The Morgan fingerprint density at radius 2 is 1.29 bits per heavy atom. The number of nitrogens with one attached hydrogen (secondary N) is 1. The predicted molar refractivity (Wildman–Crippen MR) is 254 cm³/mol. The lowest BCUT2D eigenvalue weighted by atomic mass is 9.95. The van der Waals surface area contributed by atoms with E-state index in [9.17, 15) is 0 Å². The van der Waals surface area contributed by atoms with Crippen molar-refractivity contribution in [1.82, 2.24) is 5.32 Å². The van der Waals surface area contributed by atoms with Gasteiger partial charge in [0.1, 0.15) is 11.9 Å². The van der Waals surface area contributed by atoms with Crippen LogP contribution < -0.4 is 24.6 Å². The number of hydrogen-bond donors (Lipinski definition) is 1. The van der Waals surface area contributed by atoms with E-state index in [-0.39, 0.29) is 12.2 Å². The highest BCUT2D eigenvalue weighted by atomic mass is 16.5. The van der Waals surface area contributed by atoms with Crippen LogP contribution >= 0.6 is 0 Å². The van der Waals surface area contributed by atoms with E-state index in [0.29, 0.717) is 0 Å². The summed E-state index contributed by atoms with van der Waals surface area (Å²) in [5, 5.41) is 12.9. The van der Waals surface area contributed by atoms with Crippen molar-refractivity contribution in [1.29, 1.82) is 0 Å². The summed E-state index contributed by atoms with van der Waals surface area (Å²) in [6.45, 7) is 0. The van der Waals surface area contributed by atoms with Crippen molar-refractivity contribution in [3.05, 3.63) is 199 Å². The average molecular weight is 802 g/mol. The molecule has 62 heavy (non-hydrogen) atoms. The number of allylic oxidation sites excluding steroid dienone is 3. The first-order valence-corrected chi connectivity index (χ1v) is 21.4. The van der Waals surface area contributed by atoms with E-state index in [1.165, 1.54) is 32.3 Å². The van der Waals surface area contributed by atoms with Gasteiger partial charge in [0.25, 0.3) is 0 Å². The van der Waals surface area contributed by atoms with Crippen LogP contribution in [0.25, 0.3) is 43.1 Å². The van der Waals surface area contributed by atoms with Gasteiger partial charge in [-0.3, -0.25) is 0 Å². The normalized spacial score (nSPS) is 18.7. The first kappa shape index (κ1) is 34.9. The number of hydrogen-bond acceptors (Lipinski definition) is 7. The zero-order valence-corrected chi connectivity index (χ0v) is 33.7. The smallest absolute Gasteiger partial charge is 0.159 e. The summed E-state index contributed by atoms with van der Waals surface area (Å²) < 4.78 is 13.5.